The van der Waals surface area contributed by atoms with E-state index in [9.17, 15) is 4.79 Å². The highest BCUT2D eigenvalue weighted by Gasteiger charge is 2.23. The lowest BCUT2D eigenvalue weighted by atomic mass is 9.98. The summed E-state index contributed by atoms with van der Waals surface area (Å²) in [6, 6.07) is 12.1. The minimum Gasteiger partial charge on any atom is -0.493 e. The summed E-state index contributed by atoms with van der Waals surface area (Å²) in [5, 5.41) is 1.12. The number of fused-ring (bicyclic) bond motifs is 2. The molecule has 0 N–H and O–H groups in total. The van der Waals surface area contributed by atoms with Crippen molar-refractivity contribution in [3.05, 3.63) is 58.2 Å². The highest BCUT2D eigenvalue weighted by Crippen LogP contribution is 2.33. The van der Waals surface area contributed by atoms with Crippen molar-refractivity contribution in [2.24, 2.45) is 0 Å². The van der Waals surface area contributed by atoms with Gasteiger partial charge in [0.25, 0.3) is 0 Å². The number of hydrogen-bond donors (Lipinski definition) is 0. The van der Waals surface area contributed by atoms with Crippen molar-refractivity contribution in [1.29, 1.82) is 0 Å². The average molecular weight is 429 g/mol. The maximum absolute atomic E-state index is 12.9. The van der Waals surface area contributed by atoms with Crippen molar-refractivity contribution >= 4 is 32.7 Å². The molecule has 6 heteroatoms. The van der Waals surface area contributed by atoms with Crippen molar-refractivity contribution in [2.45, 2.75) is 19.5 Å². The molecule has 0 fully saturated rings. The normalized spacial score (nSPS) is 13.5. The summed E-state index contributed by atoms with van der Waals surface area (Å²) in [5.74, 6) is 1.56. The van der Waals surface area contributed by atoms with Gasteiger partial charge in [-0.2, -0.15) is 0 Å². The Balaban J connectivity index is 1.53. The van der Waals surface area contributed by atoms with Gasteiger partial charge in [0.05, 0.1) is 14.2 Å². The second-order valence-electron chi connectivity index (χ2n) is 6.69. The number of rotatable bonds is 4. The first-order valence-corrected chi connectivity index (χ1v) is 9.64. The van der Waals surface area contributed by atoms with Crippen LogP contribution in [0.2, 0.25) is 0 Å². The highest BCUT2D eigenvalue weighted by molar-refractivity contribution is 9.10. The largest absolute Gasteiger partial charge is 0.493 e. The lowest BCUT2D eigenvalue weighted by molar-refractivity contribution is -0.132. The van der Waals surface area contributed by atoms with Gasteiger partial charge in [-0.05, 0) is 53.9 Å². The maximum atomic E-state index is 12.9. The first-order chi connectivity index (χ1) is 13.1. The minimum absolute atomic E-state index is 0.121. The van der Waals surface area contributed by atoms with Gasteiger partial charge in [0, 0.05) is 34.7 Å². The molecule has 4 rings (SSSR count). The molecule has 0 atom stereocenters. The Morgan fingerprint density at radius 3 is 2.56 bits per heavy atom. The lowest BCUT2D eigenvalue weighted by Crippen LogP contribution is -2.37. The van der Waals surface area contributed by atoms with E-state index in [1.54, 1.807) is 14.2 Å². The fourth-order valence-corrected chi connectivity index (χ4v) is 4.03. The first kappa shape index (κ1) is 17.9. The van der Waals surface area contributed by atoms with Gasteiger partial charge in [-0.25, -0.2) is 0 Å². The Kier molecular flexibility index (Phi) is 4.83. The molecule has 1 aliphatic heterocycles. The van der Waals surface area contributed by atoms with Gasteiger partial charge in [-0.3, -0.25) is 4.79 Å². The van der Waals surface area contributed by atoms with Crippen LogP contribution in [-0.4, -0.2) is 36.1 Å². The number of nitrogens with zero attached hydrogens (tertiary/aromatic N) is 2. The number of methoxy groups -OCH3 is 2. The predicted molar refractivity (Wildman–Crippen MR) is 108 cm³/mol. The summed E-state index contributed by atoms with van der Waals surface area (Å²) < 4.78 is 13.8. The number of carbonyl (C=O) groups excluding carboxylic acids is 1. The number of ether oxygens (including phenoxy) is 2. The number of hydrogen-bond acceptors (Lipinski definition) is 3. The number of carbonyl (C=O) groups is 1. The van der Waals surface area contributed by atoms with Gasteiger partial charge in [0.1, 0.15) is 6.54 Å². The van der Waals surface area contributed by atoms with Gasteiger partial charge >= 0.3 is 0 Å². The van der Waals surface area contributed by atoms with Gasteiger partial charge in [0.15, 0.2) is 11.5 Å². The van der Waals surface area contributed by atoms with Crippen LogP contribution in [0.25, 0.3) is 10.9 Å². The predicted octanol–water partition coefficient (Wildman–Crippen LogP) is 4.01. The van der Waals surface area contributed by atoms with E-state index in [2.05, 4.69) is 22.0 Å². The van der Waals surface area contributed by atoms with E-state index in [0.717, 1.165) is 33.1 Å². The summed E-state index contributed by atoms with van der Waals surface area (Å²) in [7, 11) is 3.27. The molecule has 3 aromatic rings. The van der Waals surface area contributed by atoms with Crippen LogP contribution in [0.5, 0.6) is 11.5 Å². The Labute approximate surface area is 166 Å². The van der Waals surface area contributed by atoms with E-state index < -0.39 is 0 Å². The smallest absolute Gasteiger partial charge is 0.242 e. The zero-order valence-electron chi connectivity index (χ0n) is 15.4. The van der Waals surface area contributed by atoms with Crippen LogP contribution in [0, 0.1) is 0 Å². The highest BCUT2D eigenvalue weighted by atomic mass is 79.9. The molecule has 1 amide bonds. The molecule has 2 heterocycles. The molecule has 0 spiro atoms. The van der Waals surface area contributed by atoms with Gasteiger partial charge in [-0.1, -0.05) is 15.9 Å². The second kappa shape index (κ2) is 7.27. The van der Waals surface area contributed by atoms with Crippen LogP contribution in [0.15, 0.2) is 47.1 Å². The van der Waals surface area contributed by atoms with Gasteiger partial charge in [-0.15, -0.1) is 0 Å². The summed E-state index contributed by atoms with van der Waals surface area (Å²) in [6.45, 7) is 1.65. The van der Waals surface area contributed by atoms with E-state index >= 15 is 0 Å². The van der Waals surface area contributed by atoms with Crippen molar-refractivity contribution in [2.75, 3.05) is 20.8 Å². The molecular formula is C21H21BrN2O3. The molecule has 5 nitrogen and oxygen atoms in total. The van der Waals surface area contributed by atoms with Crippen LogP contribution < -0.4 is 9.47 Å². The molecule has 0 saturated heterocycles. The van der Waals surface area contributed by atoms with E-state index in [1.807, 2.05) is 46.0 Å². The third kappa shape index (κ3) is 3.41. The van der Waals surface area contributed by atoms with Crippen LogP contribution in [0.1, 0.15) is 11.1 Å². The molecule has 1 aromatic heterocycles. The fourth-order valence-electron chi connectivity index (χ4n) is 3.65. The molecular weight excluding hydrogens is 408 g/mol. The van der Waals surface area contributed by atoms with Crippen LogP contribution in [-0.2, 0) is 24.3 Å². The van der Waals surface area contributed by atoms with Crippen molar-refractivity contribution in [3.8, 4) is 11.5 Å². The molecule has 140 valence electrons. The monoisotopic (exact) mass is 428 g/mol. The SMILES string of the molecule is COc1cc2c(cc1OC)CN(C(=O)Cn1ccc3cc(Br)ccc31)CC2. The number of amides is 1. The van der Waals surface area contributed by atoms with E-state index in [1.165, 1.54) is 5.56 Å². The molecule has 0 saturated carbocycles. The molecule has 1 aliphatic rings. The third-order valence-electron chi connectivity index (χ3n) is 5.11. The molecule has 0 unspecified atom stereocenters. The fraction of sp³-hybridized carbons (Fsp3) is 0.286. The van der Waals surface area contributed by atoms with Crippen LogP contribution in [0.4, 0.5) is 0 Å². The topological polar surface area (TPSA) is 43.7 Å². The van der Waals surface area contributed by atoms with E-state index in [4.69, 9.17) is 9.47 Å². The molecule has 27 heavy (non-hydrogen) atoms. The summed E-state index contributed by atoms with van der Waals surface area (Å²) in [4.78, 5) is 14.8. The Morgan fingerprint density at radius 1 is 1.07 bits per heavy atom. The zero-order chi connectivity index (χ0) is 19.0. The quantitative estimate of drug-likeness (QED) is 0.630. The lowest BCUT2D eigenvalue weighted by Gasteiger charge is -2.30. The van der Waals surface area contributed by atoms with E-state index in [-0.39, 0.29) is 5.91 Å². The Bertz CT molecular complexity index is 1010. The Morgan fingerprint density at radius 2 is 1.81 bits per heavy atom. The second-order valence-corrected chi connectivity index (χ2v) is 7.60. The average Bonchev–Trinajstić information content (AvgIpc) is 3.07. The standard InChI is InChI=1S/C21H21BrN2O3/c1-26-19-10-14-5-8-24(12-16(14)11-20(19)27-2)21(25)13-23-7-6-15-9-17(22)3-4-18(15)23/h3-4,6-7,9-11H,5,8,12-13H2,1-2H3. The van der Waals surface area contributed by atoms with Crippen molar-refractivity contribution < 1.29 is 14.3 Å². The number of halogens is 1. The van der Waals surface area contributed by atoms with E-state index in [0.29, 0.717) is 25.4 Å². The van der Waals surface area contributed by atoms with Crippen molar-refractivity contribution in [3.63, 3.8) is 0 Å². The van der Waals surface area contributed by atoms with Crippen molar-refractivity contribution in [1.82, 2.24) is 9.47 Å². The molecule has 0 aliphatic carbocycles. The molecule has 0 radical (unpaired) electrons. The molecule has 2 aromatic carbocycles. The van der Waals surface area contributed by atoms with Gasteiger partial charge in [0.2, 0.25) is 5.91 Å². The summed E-state index contributed by atoms with van der Waals surface area (Å²) in [5.41, 5.74) is 3.40. The minimum atomic E-state index is 0.121. The van der Waals surface area contributed by atoms with Gasteiger partial charge < -0.3 is 18.9 Å². The maximum Gasteiger partial charge on any atom is 0.242 e. The first-order valence-electron chi connectivity index (χ1n) is 8.85. The summed E-state index contributed by atoms with van der Waals surface area (Å²) in [6.07, 6.45) is 2.79. The third-order valence-corrected chi connectivity index (χ3v) is 5.60. The van der Waals surface area contributed by atoms with Crippen LogP contribution >= 0.6 is 15.9 Å². The number of aromatic nitrogens is 1. The zero-order valence-corrected chi connectivity index (χ0v) is 17.0. The summed E-state index contributed by atoms with van der Waals surface area (Å²) >= 11 is 3.49. The van der Waals surface area contributed by atoms with Crippen LogP contribution in [0.3, 0.4) is 0 Å². The Hall–Kier alpha value is -2.47. The number of benzene rings is 2. The molecule has 0 bridgehead atoms.